The Balaban J connectivity index is 1.24. The van der Waals surface area contributed by atoms with Crippen molar-refractivity contribution in [3.63, 3.8) is 0 Å². The number of aryl methyl sites for hydroxylation is 1. The van der Waals surface area contributed by atoms with E-state index in [1.54, 1.807) is 6.20 Å². The summed E-state index contributed by atoms with van der Waals surface area (Å²) in [5.74, 6) is 1.47. The Morgan fingerprint density at radius 3 is 2.88 bits per heavy atom. The van der Waals surface area contributed by atoms with Crippen LogP contribution in [0.1, 0.15) is 75.1 Å². The van der Waals surface area contributed by atoms with Gasteiger partial charge < -0.3 is 19.9 Å². The molecule has 8 nitrogen and oxygen atoms in total. The van der Waals surface area contributed by atoms with Crippen LogP contribution in [0.4, 0.5) is 0 Å². The molecule has 1 unspecified atom stereocenters. The fourth-order valence-electron chi connectivity index (χ4n) is 5.81. The van der Waals surface area contributed by atoms with Gasteiger partial charge in [0.15, 0.2) is 0 Å². The van der Waals surface area contributed by atoms with Crippen molar-refractivity contribution in [2.75, 3.05) is 32.8 Å². The Kier molecular flexibility index (Phi) is 9.37. The summed E-state index contributed by atoms with van der Waals surface area (Å²) in [4.78, 5) is 37.9. The normalized spacial score (nSPS) is 19.7. The molecular weight excluding hydrogens is 502 g/mol. The van der Waals surface area contributed by atoms with Crippen LogP contribution >= 0.6 is 0 Å². The van der Waals surface area contributed by atoms with Gasteiger partial charge in [0.1, 0.15) is 11.4 Å². The number of pyridine rings is 1. The minimum atomic E-state index is 0.0701. The number of H-pyrrole nitrogens is 1. The van der Waals surface area contributed by atoms with Crippen LogP contribution < -0.4 is 10.1 Å². The number of hydrogen-bond acceptors (Lipinski definition) is 5. The standard InChI is InChI=1S/C32H43N5O3/c1-23(2)37-21-27-18-24(10-12-29(27)40-17-5-3-4-14-33-30(38)22-37)11-13-31(39)36-16-7-9-26(20-36)28-19-25-8-6-15-34-32(25)35-28/h6,8,10,12,15,18-19,23,26H,3-5,7,9,11,13-14,16-17,20-22H2,1-2H3,(H,33,38)(H,34,35). The zero-order valence-electron chi connectivity index (χ0n) is 24.0. The summed E-state index contributed by atoms with van der Waals surface area (Å²) in [6, 6.07) is 12.7. The molecule has 40 heavy (non-hydrogen) atoms. The lowest BCUT2D eigenvalue weighted by atomic mass is 9.94. The minimum Gasteiger partial charge on any atom is -0.493 e. The van der Waals surface area contributed by atoms with Gasteiger partial charge in [-0.05, 0) is 82.2 Å². The lowest BCUT2D eigenvalue weighted by Gasteiger charge is -2.32. The van der Waals surface area contributed by atoms with E-state index in [1.165, 1.54) is 5.69 Å². The molecule has 3 aromatic rings. The van der Waals surface area contributed by atoms with Crippen LogP contribution in [0.15, 0.2) is 42.6 Å². The molecule has 2 N–H and O–H groups in total. The SMILES string of the molecule is CC(C)N1CC(=O)NCCCCCOc2ccc(CCC(=O)N3CCCC(c4cc5cccnc5[nH]4)C3)cc2C1. The Bertz CT molecular complexity index is 1270. The molecule has 0 spiro atoms. The number of nitrogens with zero attached hydrogens (tertiary/aromatic N) is 3. The van der Waals surface area contributed by atoms with Crippen molar-refractivity contribution in [1.29, 1.82) is 0 Å². The van der Waals surface area contributed by atoms with E-state index in [9.17, 15) is 9.59 Å². The van der Waals surface area contributed by atoms with E-state index in [-0.39, 0.29) is 17.9 Å². The van der Waals surface area contributed by atoms with Crippen LogP contribution in [-0.2, 0) is 22.6 Å². The van der Waals surface area contributed by atoms with Gasteiger partial charge in [0.2, 0.25) is 11.8 Å². The van der Waals surface area contributed by atoms with Crippen molar-refractivity contribution in [1.82, 2.24) is 25.1 Å². The second kappa shape index (κ2) is 13.3. The first-order valence-corrected chi connectivity index (χ1v) is 14.9. The van der Waals surface area contributed by atoms with Gasteiger partial charge in [-0.2, -0.15) is 0 Å². The lowest BCUT2D eigenvalue weighted by molar-refractivity contribution is -0.132. The third-order valence-electron chi connectivity index (χ3n) is 8.23. The summed E-state index contributed by atoms with van der Waals surface area (Å²) in [5, 5.41) is 4.18. The van der Waals surface area contributed by atoms with E-state index in [2.05, 4.69) is 58.3 Å². The highest BCUT2D eigenvalue weighted by Gasteiger charge is 2.26. The Morgan fingerprint density at radius 1 is 1.12 bits per heavy atom. The Hall–Kier alpha value is -3.39. The quantitative estimate of drug-likeness (QED) is 0.481. The molecule has 1 atom stereocenters. The van der Waals surface area contributed by atoms with Gasteiger partial charge in [0, 0.05) is 67.4 Å². The van der Waals surface area contributed by atoms with Gasteiger partial charge >= 0.3 is 0 Å². The number of amides is 2. The largest absolute Gasteiger partial charge is 0.493 e. The van der Waals surface area contributed by atoms with E-state index >= 15 is 0 Å². The van der Waals surface area contributed by atoms with Crippen molar-refractivity contribution in [3.05, 3.63) is 59.4 Å². The summed E-state index contributed by atoms with van der Waals surface area (Å²) >= 11 is 0. The molecule has 2 aliphatic rings. The molecule has 0 bridgehead atoms. The molecule has 0 saturated carbocycles. The molecule has 0 aliphatic carbocycles. The number of benzene rings is 1. The molecule has 2 aliphatic heterocycles. The van der Waals surface area contributed by atoms with Crippen molar-refractivity contribution < 1.29 is 14.3 Å². The third kappa shape index (κ3) is 7.22. The number of aromatic nitrogens is 2. The van der Waals surface area contributed by atoms with Crippen molar-refractivity contribution in [2.45, 2.75) is 77.3 Å². The van der Waals surface area contributed by atoms with E-state index < -0.39 is 0 Å². The fourth-order valence-corrected chi connectivity index (χ4v) is 5.81. The maximum atomic E-state index is 13.3. The number of likely N-dealkylation sites (tertiary alicyclic amines) is 1. The van der Waals surface area contributed by atoms with Crippen LogP contribution in [0.5, 0.6) is 5.75 Å². The second-order valence-electron chi connectivity index (χ2n) is 11.5. The molecule has 1 aromatic carbocycles. The number of ether oxygens (including phenoxy) is 1. The fraction of sp³-hybridized carbons (Fsp3) is 0.531. The molecule has 214 valence electrons. The van der Waals surface area contributed by atoms with Gasteiger partial charge in [-0.25, -0.2) is 4.98 Å². The Morgan fingerprint density at radius 2 is 2.02 bits per heavy atom. The van der Waals surface area contributed by atoms with E-state index in [1.807, 2.05) is 17.0 Å². The first kappa shape index (κ1) is 28.1. The lowest BCUT2D eigenvalue weighted by Crippen LogP contribution is -2.40. The molecule has 0 radical (unpaired) electrons. The summed E-state index contributed by atoms with van der Waals surface area (Å²) in [6.45, 7) is 8.18. The number of nitrogens with one attached hydrogen (secondary N) is 2. The maximum Gasteiger partial charge on any atom is 0.234 e. The molecule has 5 rings (SSSR count). The van der Waals surface area contributed by atoms with Gasteiger partial charge in [0.05, 0.1) is 13.2 Å². The smallest absolute Gasteiger partial charge is 0.234 e. The third-order valence-corrected chi connectivity index (χ3v) is 8.23. The molecule has 8 heteroatoms. The molecule has 1 saturated heterocycles. The average Bonchev–Trinajstić information content (AvgIpc) is 3.40. The zero-order valence-corrected chi connectivity index (χ0v) is 24.0. The monoisotopic (exact) mass is 545 g/mol. The Labute approximate surface area is 237 Å². The van der Waals surface area contributed by atoms with E-state index in [4.69, 9.17) is 4.74 Å². The molecule has 1 fully saturated rings. The maximum absolute atomic E-state index is 13.3. The second-order valence-corrected chi connectivity index (χ2v) is 11.5. The van der Waals surface area contributed by atoms with Crippen LogP contribution in [0, 0.1) is 0 Å². The number of carbonyl (C=O) groups is 2. The first-order chi connectivity index (χ1) is 19.5. The summed E-state index contributed by atoms with van der Waals surface area (Å²) < 4.78 is 6.19. The van der Waals surface area contributed by atoms with Gasteiger partial charge in [-0.15, -0.1) is 0 Å². The number of hydrogen-bond donors (Lipinski definition) is 2. The highest BCUT2D eigenvalue weighted by molar-refractivity contribution is 5.78. The number of piperidine rings is 1. The minimum absolute atomic E-state index is 0.0701. The van der Waals surface area contributed by atoms with Crippen molar-refractivity contribution in [2.24, 2.45) is 0 Å². The highest BCUT2D eigenvalue weighted by atomic mass is 16.5. The number of rotatable bonds is 5. The predicted octanol–water partition coefficient (Wildman–Crippen LogP) is 4.79. The van der Waals surface area contributed by atoms with Crippen LogP contribution in [0.3, 0.4) is 0 Å². The average molecular weight is 546 g/mol. The molecular formula is C32H43N5O3. The number of carbonyl (C=O) groups excluding carboxylic acids is 2. The van der Waals surface area contributed by atoms with Gasteiger partial charge in [-0.3, -0.25) is 14.5 Å². The van der Waals surface area contributed by atoms with Crippen molar-refractivity contribution >= 4 is 22.8 Å². The van der Waals surface area contributed by atoms with Gasteiger partial charge in [-0.1, -0.05) is 12.1 Å². The van der Waals surface area contributed by atoms with Crippen LogP contribution in [0.2, 0.25) is 0 Å². The molecule has 4 heterocycles. The predicted molar refractivity (Wildman–Crippen MR) is 157 cm³/mol. The summed E-state index contributed by atoms with van der Waals surface area (Å²) in [6.07, 6.45) is 8.01. The number of fused-ring (bicyclic) bond motifs is 2. The first-order valence-electron chi connectivity index (χ1n) is 14.9. The van der Waals surface area contributed by atoms with E-state index in [0.29, 0.717) is 45.0 Å². The molecule has 2 amide bonds. The number of aromatic amines is 1. The van der Waals surface area contributed by atoms with E-state index in [0.717, 1.165) is 73.1 Å². The molecule has 2 aromatic heterocycles. The summed E-state index contributed by atoms with van der Waals surface area (Å²) in [5.41, 5.74) is 4.29. The van der Waals surface area contributed by atoms with Crippen LogP contribution in [-0.4, -0.2) is 70.4 Å². The summed E-state index contributed by atoms with van der Waals surface area (Å²) in [7, 11) is 0. The zero-order chi connectivity index (χ0) is 27.9. The highest BCUT2D eigenvalue weighted by Crippen LogP contribution is 2.29. The van der Waals surface area contributed by atoms with Crippen molar-refractivity contribution in [3.8, 4) is 5.75 Å². The van der Waals surface area contributed by atoms with Crippen LogP contribution in [0.25, 0.3) is 11.0 Å². The van der Waals surface area contributed by atoms with Gasteiger partial charge in [0.25, 0.3) is 0 Å². The topological polar surface area (TPSA) is 90.6 Å².